The van der Waals surface area contributed by atoms with Crippen LogP contribution in [0.3, 0.4) is 0 Å². The minimum Gasteiger partial charge on any atom is -0.491 e. The van der Waals surface area contributed by atoms with Crippen LogP contribution in [0, 0.1) is 0 Å². The van der Waals surface area contributed by atoms with E-state index in [0.29, 0.717) is 125 Å². The quantitative estimate of drug-likeness (QED) is 0.0494. The Morgan fingerprint density at radius 2 is 0.576 bits per heavy atom. The lowest BCUT2D eigenvalue weighted by atomic mass is 10.0. The molecule has 0 spiro atoms. The van der Waals surface area contributed by atoms with Crippen LogP contribution in [-0.4, -0.2) is 150 Å². The summed E-state index contributed by atoms with van der Waals surface area (Å²) in [7, 11) is -4.20. The van der Waals surface area contributed by atoms with E-state index in [-0.39, 0.29) is 26.4 Å². The zero-order chi connectivity index (χ0) is 47.1. The number of hydrogen-bond acceptors (Lipinski definition) is 14. The Morgan fingerprint density at radius 1 is 0.333 bits per heavy atom. The van der Waals surface area contributed by atoms with E-state index in [9.17, 15) is 9.46 Å². The van der Waals surface area contributed by atoms with E-state index < -0.39 is 7.82 Å². The van der Waals surface area contributed by atoms with Gasteiger partial charge in [0.25, 0.3) is 0 Å². The molecule has 0 radical (unpaired) electrons. The first-order valence-corrected chi connectivity index (χ1v) is 26.3. The Balaban J connectivity index is 1.21. The second-order valence-corrected chi connectivity index (χ2v) is 17.1. The minimum atomic E-state index is -4.20. The van der Waals surface area contributed by atoms with Crippen LogP contribution in [-0.2, 0) is 69.1 Å². The zero-order valence-corrected chi connectivity index (χ0v) is 41.6. The highest BCUT2D eigenvalue weighted by molar-refractivity contribution is 7.47. The summed E-state index contributed by atoms with van der Waals surface area (Å²) in [6.07, 6.45) is 17.7. The second-order valence-electron chi connectivity index (χ2n) is 15.7. The van der Waals surface area contributed by atoms with Gasteiger partial charge in [0, 0.05) is 0 Å². The van der Waals surface area contributed by atoms with Crippen molar-refractivity contribution in [1.82, 2.24) is 0 Å². The van der Waals surface area contributed by atoms with Gasteiger partial charge in [0.1, 0.15) is 24.7 Å². The Kier molecular flexibility index (Phi) is 41.1. The highest BCUT2D eigenvalue weighted by atomic mass is 31.2. The van der Waals surface area contributed by atoms with Crippen molar-refractivity contribution in [1.29, 1.82) is 0 Å². The van der Waals surface area contributed by atoms with Crippen LogP contribution in [0.15, 0.2) is 48.5 Å². The summed E-state index contributed by atoms with van der Waals surface area (Å²) in [4.78, 5) is 9.87. The fourth-order valence-corrected chi connectivity index (χ4v) is 7.05. The maximum atomic E-state index is 12.1. The largest absolute Gasteiger partial charge is 0.491 e. The molecule has 1 N–H and O–H groups in total. The van der Waals surface area contributed by atoms with Crippen LogP contribution in [0.1, 0.15) is 102 Å². The van der Waals surface area contributed by atoms with Gasteiger partial charge in [-0.25, -0.2) is 4.57 Å². The van der Waals surface area contributed by atoms with E-state index in [1.807, 2.05) is 24.3 Å². The number of ether oxygens (including phenoxy) is 11. The fraction of sp³-hybridized carbons (Fsp3) is 0.760. The lowest BCUT2D eigenvalue weighted by Gasteiger charge is -2.13. The molecule has 0 aliphatic rings. The first-order chi connectivity index (χ1) is 32.5. The lowest BCUT2D eigenvalue weighted by molar-refractivity contribution is -0.0259. The fourth-order valence-electron chi connectivity index (χ4n) is 6.36. The highest BCUT2D eigenvalue weighted by Gasteiger charge is 2.20. The molecule has 0 fully saturated rings. The van der Waals surface area contributed by atoms with Crippen LogP contribution in [0.4, 0.5) is 0 Å². The molecule has 0 heterocycles. The van der Waals surface area contributed by atoms with Crippen LogP contribution in [0.2, 0.25) is 0 Å². The van der Waals surface area contributed by atoms with Crippen molar-refractivity contribution >= 4 is 7.82 Å². The molecular formula is C50H87O15P. The van der Waals surface area contributed by atoms with E-state index >= 15 is 0 Å². The summed E-state index contributed by atoms with van der Waals surface area (Å²) < 4.78 is 83.0. The Morgan fingerprint density at radius 3 is 0.894 bits per heavy atom. The van der Waals surface area contributed by atoms with Crippen molar-refractivity contribution in [3.8, 4) is 11.5 Å². The van der Waals surface area contributed by atoms with Gasteiger partial charge in [-0.2, -0.15) is 0 Å². The number of hydrogen-bond donors (Lipinski definition) is 1. The molecule has 1 unspecified atom stereocenters. The van der Waals surface area contributed by atoms with Crippen molar-refractivity contribution in [3.05, 3.63) is 59.7 Å². The second kappa shape index (κ2) is 45.2. The predicted octanol–water partition coefficient (Wildman–Crippen LogP) is 9.23. The highest BCUT2D eigenvalue weighted by Crippen LogP contribution is 2.42. The summed E-state index contributed by atoms with van der Waals surface area (Å²) in [5, 5.41) is 0. The maximum Gasteiger partial charge on any atom is 0.472 e. The minimum absolute atomic E-state index is 0.0806. The molecule has 16 heteroatoms. The molecule has 1 atom stereocenters. The van der Waals surface area contributed by atoms with Gasteiger partial charge in [-0.3, -0.25) is 9.05 Å². The number of aryl methyl sites for hydroxylation is 2. The van der Waals surface area contributed by atoms with Crippen molar-refractivity contribution in [2.24, 2.45) is 0 Å². The van der Waals surface area contributed by atoms with E-state index in [1.165, 1.54) is 88.2 Å². The monoisotopic (exact) mass is 959 g/mol. The summed E-state index contributed by atoms with van der Waals surface area (Å²) >= 11 is 0. The van der Waals surface area contributed by atoms with Crippen LogP contribution in [0.25, 0.3) is 0 Å². The topological polar surface area (TPSA) is 157 Å². The Labute approximate surface area is 397 Å². The number of rotatable bonds is 51. The molecule has 0 saturated carbocycles. The van der Waals surface area contributed by atoms with Crippen molar-refractivity contribution in [3.63, 3.8) is 0 Å². The molecule has 0 amide bonds. The molecule has 0 aliphatic carbocycles. The third kappa shape index (κ3) is 38.7. The average Bonchev–Trinajstić information content (AvgIpc) is 3.32. The molecule has 0 aromatic heterocycles. The SMILES string of the molecule is CCCCCCCCc1ccc(OCCOCCOCCOCCOCCOCCOCCOCCOCCOCCOP(=O)(O)OCCOc2ccc(CCCCCCCC)cc2)cc1. The molecule has 382 valence electrons. The molecule has 0 bridgehead atoms. The standard InChI is InChI=1S/C50H87O15P/c1-3-5-7-9-11-13-15-47-17-21-49(22-18-47)62-43-41-60-39-37-58-35-33-56-31-29-54-27-25-53-26-28-55-30-32-57-34-36-59-38-40-61-42-45-64-66(51,52)65-46-44-63-50-23-19-48(20-24-50)16-14-12-10-8-6-4-2/h17-24H,3-16,25-46H2,1-2H3,(H,51,52). The summed E-state index contributed by atoms with van der Waals surface area (Å²) in [6.45, 7) is 13.0. The summed E-state index contributed by atoms with van der Waals surface area (Å²) in [6, 6.07) is 16.4. The number of phosphoric acid groups is 1. The smallest absolute Gasteiger partial charge is 0.472 e. The average molecular weight is 959 g/mol. The molecule has 0 aliphatic heterocycles. The van der Waals surface area contributed by atoms with Gasteiger partial charge < -0.3 is 57.0 Å². The molecule has 0 saturated heterocycles. The molecule has 2 aromatic carbocycles. The molecule has 2 rings (SSSR count). The summed E-state index contributed by atoms with van der Waals surface area (Å²) in [5.41, 5.74) is 2.65. The van der Waals surface area contributed by atoms with E-state index in [2.05, 4.69) is 38.1 Å². The predicted molar refractivity (Wildman–Crippen MR) is 257 cm³/mol. The van der Waals surface area contributed by atoms with E-state index in [1.54, 1.807) is 0 Å². The van der Waals surface area contributed by atoms with Gasteiger partial charge in [0.2, 0.25) is 0 Å². The normalized spacial score (nSPS) is 12.5. The third-order valence-corrected chi connectivity index (χ3v) is 11.1. The third-order valence-electron chi connectivity index (χ3n) is 10.0. The zero-order valence-electron chi connectivity index (χ0n) is 40.7. The van der Waals surface area contributed by atoms with Gasteiger partial charge >= 0.3 is 7.82 Å². The van der Waals surface area contributed by atoms with Gasteiger partial charge in [-0.15, -0.1) is 0 Å². The number of phosphoric ester groups is 1. The summed E-state index contributed by atoms with van der Waals surface area (Å²) in [5.74, 6) is 1.57. The molecular weight excluding hydrogens is 872 g/mol. The van der Waals surface area contributed by atoms with Crippen LogP contribution in [0.5, 0.6) is 11.5 Å². The molecule has 2 aromatic rings. The van der Waals surface area contributed by atoms with Crippen LogP contribution < -0.4 is 9.47 Å². The molecule has 15 nitrogen and oxygen atoms in total. The van der Waals surface area contributed by atoms with Gasteiger partial charge in [-0.1, -0.05) is 102 Å². The molecule has 66 heavy (non-hydrogen) atoms. The van der Waals surface area contributed by atoms with Crippen molar-refractivity contribution in [2.75, 3.05) is 145 Å². The Hall–Kier alpha value is -2.21. The van der Waals surface area contributed by atoms with E-state index in [4.69, 9.17) is 61.2 Å². The van der Waals surface area contributed by atoms with Crippen molar-refractivity contribution < 1.29 is 70.6 Å². The first-order valence-electron chi connectivity index (χ1n) is 24.8. The van der Waals surface area contributed by atoms with E-state index in [0.717, 1.165) is 18.6 Å². The lowest BCUT2D eigenvalue weighted by Crippen LogP contribution is -2.15. The van der Waals surface area contributed by atoms with Gasteiger partial charge in [0.15, 0.2) is 0 Å². The van der Waals surface area contributed by atoms with Crippen molar-refractivity contribution in [2.45, 2.75) is 104 Å². The Bertz CT molecular complexity index is 1350. The van der Waals surface area contributed by atoms with Gasteiger partial charge in [-0.05, 0) is 61.1 Å². The maximum absolute atomic E-state index is 12.1. The first kappa shape index (κ1) is 59.9. The number of benzene rings is 2. The van der Waals surface area contributed by atoms with Gasteiger partial charge in [0.05, 0.1) is 132 Å². The number of unbranched alkanes of at least 4 members (excludes halogenated alkanes) is 10. The van der Waals surface area contributed by atoms with Crippen LogP contribution >= 0.6 is 7.82 Å².